The van der Waals surface area contributed by atoms with Gasteiger partial charge in [-0.3, -0.25) is 0 Å². The van der Waals surface area contributed by atoms with E-state index in [1.54, 1.807) is 4.90 Å². The van der Waals surface area contributed by atoms with Gasteiger partial charge in [-0.15, -0.1) is 0 Å². The average molecular weight is 208 g/mol. The first kappa shape index (κ1) is 11.9. The van der Waals surface area contributed by atoms with E-state index in [1.807, 2.05) is 24.3 Å². The molecule has 1 aromatic rings. The molecule has 0 heterocycles. The fourth-order valence-electron chi connectivity index (χ4n) is 1.40. The van der Waals surface area contributed by atoms with E-state index in [4.69, 9.17) is 5.73 Å². The first-order valence-corrected chi connectivity index (χ1v) is 5.63. The van der Waals surface area contributed by atoms with E-state index in [-0.39, 0.29) is 0 Å². The zero-order chi connectivity index (χ0) is 11.1. The summed E-state index contributed by atoms with van der Waals surface area (Å²) in [6.07, 6.45) is 1.20. The molecule has 84 valence electrons. The summed E-state index contributed by atoms with van der Waals surface area (Å²) in [5.74, 6) is 0. The van der Waals surface area contributed by atoms with Crippen LogP contribution in [0.3, 0.4) is 0 Å². The van der Waals surface area contributed by atoms with Gasteiger partial charge in [-0.25, -0.2) is 0 Å². The highest BCUT2D eigenvalue weighted by molar-refractivity contribution is 5.50. The van der Waals surface area contributed by atoms with Crippen LogP contribution in [0.15, 0.2) is 24.3 Å². The highest BCUT2D eigenvalue weighted by Gasteiger charge is 1.97. The van der Waals surface area contributed by atoms with E-state index in [2.05, 4.69) is 19.3 Å². The van der Waals surface area contributed by atoms with Crippen molar-refractivity contribution in [2.75, 3.05) is 37.7 Å². The summed E-state index contributed by atoms with van der Waals surface area (Å²) in [4.78, 5) is 1.58. The number of benzene rings is 1. The van der Waals surface area contributed by atoms with Gasteiger partial charge < -0.3 is 16.0 Å². The van der Waals surface area contributed by atoms with E-state index in [0.717, 1.165) is 17.9 Å². The lowest BCUT2D eigenvalue weighted by atomic mass is 10.3. The maximum Gasteiger partial charge on any atom is 0.0785 e. The summed E-state index contributed by atoms with van der Waals surface area (Å²) in [5, 5.41) is 3.38. The number of rotatable bonds is 6. The number of hydrogen-bond acceptors (Lipinski definition) is 2. The minimum absolute atomic E-state index is 0.815. The Kier molecular flexibility index (Phi) is 4.98. The fraction of sp³-hybridized carbons (Fsp3) is 0.500. The number of nitrogens with two attached hydrogens (primary N) is 1. The van der Waals surface area contributed by atoms with Gasteiger partial charge >= 0.3 is 0 Å². The summed E-state index contributed by atoms with van der Waals surface area (Å²) >= 11 is 0. The van der Waals surface area contributed by atoms with Crippen LogP contribution in [0.5, 0.6) is 0 Å². The van der Waals surface area contributed by atoms with E-state index >= 15 is 0 Å². The van der Waals surface area contributed by atoms with Gasteiger partial charge in [0.25, 0.3) is 0 Å². The van der Waals surface area contributed by atoms with Crippen LogP contribution < -0.4 is 16.0 Å². The minimum Gasteiger partial charge on any atom is -0.399 e. The van der Waals surface area contributed by atoms with Crippen LogP contribution >= 0.6 is 0 Å². The monoisotopic (exact) mass is 208 g/mol. The Morgan fingerprint density at radius 2 is 1.93 bits per heavy atom. The summed E-state index contributed by atoms with van der Waals surface area (Å²) in [6.45, 7) is 5.66. The van der Waals surface area contributed by atoms with E-state index in [9.17, 15) is 0 Å². The molecule has 0 bridgehead atoms. The van der Waals surface area contributed by atoms with Gasteiger partial charge in [0.1, 0.15) is 0 Å². The number of quaternary nitrogens is 1. The number of nitrogens with one attached hydrogen (secondary N) is 2. The van der Waals surface area contributed by atoms with Gasteiger partial charge in [0.15, 0.2) is 0 Å². The molecule has 1 aromatic carbocycles. The third-order valence-corrected chi connectivity index (χ3v) is 2.62. The average Bonchev–Trinajstić information content (AvgIpc) is 2.26. The van der Waals surface area contributed by atoms with Crippen LogP contribution in [0, 0.1) is 0 Å². The topological polar surface area (TPSA) is 42.5 Å². The Hall–Kier alpha value is -1.22. The predicted molar refractivity (Wildman–Crippen MR) is 66.3 cm³/mol. The minimum atomic E-state index is 0.815. The third kappa shape index (κ3) is 4.70. The molecule has 3 heteroatoms. The van der Waals surface area contributed by atoms with Crippen LogP contribution in [0.4, 0.5) is 11.4 Å². The molecular weight excluding hydrogens is 186 g/mol. The molecule has 15 heavy (non-hydrogen) atoms. The maximum absolute atomic E-state index is 5.61. The Bertz CT molecular complexity index is 269. The lowest BCUT2D eigenvalue weighted by Crippen LogP contribution is -3.08. The maximum atomic E-state index is 5.61. The van der Waals surface area contributed by atoms with Crippen LogP contribution in [0.25, 0.3) is 0 Å². The van der Waals surface area contributed by atoms with Crippen LogP contribution in [0.2, 0.25) is 0 Å². The van der Waals surface area contributed by atoms with Gasteiger partial charge in [0.2, 0.25) is 0 Å². The van der Waals surface area contributed by atoms with Crippen molar-refractivity contribution in [3.8, 4) is 0 Å². The second-order valence-corrected chi connectivity index (χ2v) is 3.96. The fourth-order valence-corrected chi connectivity index (χ4v) is 1.40. The van der Waals surface area contributed by atoms with Crippen molar-refractivity contribution in [2.24, 2.45) is 0 Å². The highest BCUT2D eigenvalue weighted by Crippen LogP contribution is 2.09. The largest absolute Gasteiger partial charge is 0.399 e. The first-order chi connectivity index (χ1) is 7.22. The molecule has 0 amide bonds. The van der Waals surface area contributed by atoms with E-state index in [0.29, 0.717) is 0 Å². The lowest BCUT2D eigenvalue weighted by molar-refractivity contribution is -0.877. The first-order valence-electron chi connectivity index (χ1n) is 5.63. The number of anilines is 2. The molecule has 0 spiro atoms. The van der Waals surface area contributed by atoms with Crippen LogP contribution in [-0.2, 0) is 0 Å². The molecule has 0 saturated carbocycles. The quantitative estimate of drug-likeness (QED) is 0.473. The molecule has 0 radical (unpaired) electrons. The second-order valence-electron chi connectivity index (χ2n) is 3.96. The zero-order valence-electron chi connectivity index (χ0n) is 9.72. The molecule has 0 aliphatic carbocycles. The smallest absolute Gasteiger partial charge is 0.0785 e. The molecule has 0 fully saturated rings. The van der Waals surface area contributed by atoms with Gasteiger partial charge in [0, 0.05) is 24.3 Å². The number of nitrogen functional groups attached to an aromatic ring is 1. The molecule has 0 aliphatic heterocycles. The third-order valence-electron chi connectivity index (χ3n) is 2.62. The summed E-state index contributed by atoms with van der Waals surface area (Å²) in [5.41, 5.74) is 7.57. The summed E-state index contributed by atoms with van der Waals surface area (Å²) in [7, 11) is 2.23. The standard InChI is InChI=1S/C12H21N3/c1-3-15(2)10-4-9-14-12-7-5-11(13)6-8-12/h5-8,14H,3-4,9-10,13H2,1-2H3/p+1. The predicted octanol–water partition coefficient (Wildman–Crippen LogP) is 0.605. The van der Waals surface area contributed by atoms with Crippen molar-refractivity contribution >= 4 is 11.4 Å². The number of hydrogen-bond donors (Lipinski definition) is 3. The lowest BCUT2D eigenvalue weighted by Gasteiger charge is -2.11. The Morgan fingerprint density at radius 3 is 2.53 bits per heavy atom. The van der Waals surface area contributed by atoms with Gasteiger partial charge in [-0.1, -0.05) is 0 Å². The normalized spacial score (nSPS) is 12.4. The second kappa shape index (κ2) is 6.30. The molecule has 0 saturated heterocycles. The summed E-state index contributed by atoms with van der Waals surface area (Å²) < 4.78 is 0. The van der Waals surface area contributed by atoms with Gasteiger partial charge in [0.05, 0.1) is 20.1 Å². The molecule has 0 aromatic heterocycles. The van der Waals surface area contributed by atoms with Crippen molar-refractivity contribution in [3.63, 3.8) is 0 Å². The van der Waals surface area contributed by atoms with Gasteiger partial charge in [-0.05, 0) is 31.2 Å². The van der Waals surface area contributed by atoms with Crippen molar-refractivity contribution in [3.05, 3.63) is 24.3 Å². The molecule has 1 unspecified atom stereocenters. The van der Waals surface area contributed by atoms with Crippen LogP contribution in [0.1, 0.15) is 13.3 Å². The van der Waals surface area contributed by atoms with Gasteiger partial charge in [-0.2, -0.15) is 0 Å². The van der Waals surface area contributed by atoms with Crippen molar-refractivity contribution in [1.29, 1.82) is 0 Å². The van der Waals surface area contributed by atoms with Crippen molar-refractivity contribution in [2.45, 2.75) is 13.3 Å². The van der Waals surface area contributed by atoms with E-state index in [1.165, 1.54) is 19.5 Å². The molecule has 3 nitrogen and oxygen atoms in total. The molecular formula is C12H22N3+. The molecule has 1 atom stereocenters. The zero-order valence-corrected chi connectivity index (χ0v) is 9.72. The van der Waals surface area contributed by atoms with Crippen molar-refractivity contribution in [1.82, 2.24) is 0 Å². The molecule has 1 rings (SSSR count). The molecule has 4 N–H and O–H groups in total. The molecule has 0 aliphatic rings. The Balaban J connectivity index is 2.17. The van der Waals surface area contributed by atoms with E-state index < -0.39 is 0 Å². The van der Waals surface area contributed by atoms with Crippen molar-refractivity contribution < 1.29 is 4.90 Å². The Morgan fingerprint density at radius 1 is 1.27 bits per heavy atom. The summed E-state index contributed by atoms with van der Waals surface area (Å²) in [6, 6.07) is 7.88. The SMILES string of the molecule is CC[NH+](C)CCCNc1ccc(N)cc1. The highest BCUT2D eigenvalue weighted by atomic mass is 15.1. The van der Waals surface area contributed by atoms with Crippen LogP contribution in [-0.4, -0.2) is 26.7 Å². The Labute approximate surface area is 92.3 Å².